The molecule has 6 heteroatoms. The second-order valence-corrected chi connectivity index (χ2v) is 7.54. The van der Waals surface area contributed by atoms with E-state index in [9.17, 15) is 9.18 Å². The molecule has 1 heterocycles. The van der Waals surface area contributed by atoms with Crippen LogP contribution in [0.15, 0.2) is 51.8 Å². The molecule has 1 atom stereocenters. The first-order chi connectivity index (χ1) is 11.1. The van der Waals surface area contributed by atoms with Crippen LogP contribution < -0.4 is 10.2 Å². The lowest BCUT2D eigenvalue weighted by molar-refractivity contribution is 0.256. The number of nitrogens with one attached hydrogen (secondary N) is 1. The summed E-state index contributed by atoms with van der Waals surface area (Å²) >= 11 is 5.00. The van der Waals surface area contributed by atoms with Gasteiger partial charge in [-0.3, -0.25) is 4.90 Å². The van der Waals surface area contributed by atoms with E-state index >= 15 is 0 Å². The summed E-state index contributed by atoms with van der Waals surface area (Å²) in [5.74, 6) is -0.459. The highest BCUT2D eigenvalue weighted by atomic mass is 79.9. The molecule has 0 aromatic heterocycles. The van der Waals surface area contributed by atoms with Gasteiger partial charge in [-0.25, -0.2) is 9.18 Å². The van der Waals surface area contributed by atoms with Crippen LogP contribution in [-0.2, 0) is 0 Å². The number of carbonyl (C=O) groups is 1. The molecule has 120 valence electrons. The van der Waals surface area contributed by atoms with E-state index in [1.165, 1.54) is 6.07 Å². The number of nitrogens with zero attached hydrogens (tertiary/aromatic N) is 1. The van der Waals surface area contributed by atoms with Gasteiger partial charge in [0.05, 0.1) is 11.4 Å². The number of benzene rings is 2. The molecule has 0 unspecified atom stereocenters. The number of urea groups is 1. The monoisotopic (exact) mass is 394 g/mol. The molecule has 0 bridgehead atoms. The third kappa shape index (κ3) is 3.53. The predicted molar refractivity (Wildman–Crippen MR) is 96.8 cm³/mol. The lowest BCUT2D eigenvalue weighted by atomic mass is 10.2. The molecule has 3 rings (SSSR count). The molecule has 23 heavy (non-hydrogen) atoms. The fourth-order valence-electron chi connectivity index (χ4n) is 2.48. The Morgan fingerprint density at radius 3 is 2.91 bits per heavy atom. The fraction of sp³-hybridized carbons (Fsp3) is 0.235. The number of hydrogen-bond donors (Lipinski definition) is 1. The zero-order valence-corrected chi connectivity index (χ0v) is 15.0. The standard InChI is InChI=1S/C17H16BrFN2OS/c1-2-12-10-21(15-5-3-4-6-16(15)23-12)17(22)20-14-8-7-11(18)9-13(14)19/h3-9,12H,2,10H2,1H3,(H,20,22)/t12-/m1/s1. The molecule has 0 saturated heterocycles. The summed E-state index contributed by atoms with van der Waals surface area (Å²) in [5, 5.41) is 3.01. The first kappa shape index (κ1) is 16.3. The number of carbonyl (C=O) groups excluding carboxylic acids is 1. The van der Waals surface area contributed by atoms with Gasteiger partial charge in [-0.1, -0.05) is 35.0 Å². The number of anilines is 2. The van der Waals surface area contributed by atoms with Crippen molar-refractivity contribution in [2.45, 2.75) is 23.5 Å². The summed E-state index contributed by atoms with van der Waals surface area (Å²) in [5.41, 5.74) is 1.05. The third-order valence-electron chi connectivity index (χ3n) is 3.71. The smallest absolute Gasteiger partial charge is 0.305 e. The van der Waals surface area contributed by atoms with E-state index in [0.29, 0.717) is 16.3 Å². The van der Waals surface area contributed by atoms with Crippen LogP contribution in [0.4, 0.5) is 20.6 Å². The summed E-state index contributed by atoms with van der Waals surface area (Å²) in [7, 11) is 0. The summed E-state index contributed by atoms with van der Waals surface area (Å²) in [6, 6.07) is 12.1. The van der Waals surface area contributed by atoms with Crippen LogP contribution in [0.3, 0.4) is 0 Å². The summed E-state index contributed by atoms with van der Waals surface area (Å²) in [4.78, 5) is 15.4. The maximum Gasteiger partial charge on any atom is 0.326 e. The first-order valence-corrected chi connectivity index (χ1v) is 9.05. The highest BCUT2D eigenvalue weighted by Gasteiger charge is 2.28. The van der Waals surface area contributed by atoms with Crippen molar-refractivity contribution in [2.75, 3.05) is 16.8 Å². The molecule has 0 spiro atoms. The van der Waals surface area contributed by atoms with Gasteiger partial charge in [-0.15, -0.1) is 11.8 Å². The number of rotatable bonds is 2. The Morgan fingerprint density at radius 1 is 1.39 bits per heavy atom. The van der Waals surface area contributed by atoms with Gasteiger partial charge >= 0.3 is 6.03 Å². The van der Waals surface area contributed by atoms with Gasteiger partial charge in [0, 0.05) is 21.2 Å². The van der Waals surface area contributed by atoms with Gasteiger partial charge in [0.25, 0.3) is 0 Å². The molecule has 2 aromatic carbocycles. The number of para-hydroxylation sites is 1. The molecule has 1 N–H and O–H groups in total. The Morgan fingerprint density at radius 2 is 2.17 bits per heavy atom. The van der Waals surface area contributed by atoms with E-state index in [2.05, 4.69) is 28.2 Å². The van der Waals surface area contributed by atoms with E-state index < -0.39 is 5.82 Å². The zero-order valence-electron chi connectivity index (χ0n) is 12.6. The SMILES string of the molecule is CC[C@@H]1CN(C(=O)Nc2ccc(Br)cc2F)c2ccccc2S1. The fourth-order valence-corrected chi connectivity index (χ4v) is 4.02. The van der Waals surface area contributed by atoms with E-state index in [1.807, 2.05) is 24.3 Å². The van der Waals surface area contributed by atoms with Crippen LogP contribution in [-0.4, -0.2) is 17.8 Å². The normalized spacial score (nSPS) is 16.8. The Labute approximate surface area is 147 Å². The van der Waals surface area contributed by atoms with Crippen molar-refractivity contribution in [3.05, 3.63) is 52.8 Å². The number of halogens is 2. The van der Waals surface area contributed by atoms with E-state index in [4.69, 9.17) is 0 Å². The molecule has 1 aliphatic rings. The minimum atomic E-state index is -0.459. The average molecular weight is 395 g/mol. The van der Waals surface area contributed by atoms with Gasteiger partial charge in [0.2, 0.25) is 0 Å². The van der Waals surface area contributed by atoms with Crippen LogP contribution in [0.1, 0.15) is 13.3 Å². The van der Waals surface area contributed by atoms with Crippen molar-refractivity contribution >= 4 is 45.1 Å². The van der Waals surface area contributed by atoms with Crippen molar-refractivity contribution < 1.29 is 9.18 Å². The van der Waals surface area contributed by atoms with Gasteiger partial charge in [0.1, 0.15) is 5.82 Å². The highest BCUT2D eigenvalue weighted by Crippen LogP contribution is 2.39. The van der Waals surface area contributed by atoms with Crippen molar-refractivity contribution in [1.29, 1.82) is 0 Å². The molecule has 2 aromatic rings. The highest BCUT2D eigenvalue weighted by molar-refractivity contribution is 9.10. The van der Waals surface area contributed by atoms with Crippen molar-refractivity contribution in [2.24, 2.45) is 0 Å². The lowest BCUT2D eigenvalue weighted by Gasteiger charge is -2.33. The molecule has 0 aliphatic carbocycles. The first-order valence-electron chi connectivity index (χ1n) is 7.37. The van der Waals surface area contributed by atoms with Gasteiger partial charge < -0.3 is 5.32 Å². The molecule has 1 aliphatic heterocycles. The number of fused-ring (bicyclic) bond motifs is 1. The van der Waals surface area contributed by atoms with Gasteiger partial charge in [0.15, 0.2) is 0 Å². The molecular formula is C17H16BrFN2OS. The maximum absolute atomic E-state index is 13.9. The summed E-state index contributed by atoms with van der Waals surface area (Å²) < 4.78 is 14.6. The van der Waals surface area contributed by atoms with Crippen molar-refractivity contribution in [3.63, 3.8) is 0 Å². The maximum atomic E-state index is 13.9. The average Bonchev–Trinajstić information content (AvgIpc) is 2.56. The number of amides is 2. The summed E-state index contributed by atoms with van der Waals surface area (Å²) in [6.45, 7) is 2.72. The van der Waals surface area contributed by atoms with Crippen LogP contribution in [0, 0.1) is 5.82 Å². The van der Waals surface area contributed by atoms with Crippen molar-refractivity contribution in [1.82, 2.24) is 0 Å². The molecule has 0 radical (unpaired) electrons. The third-order valence-corrected chi connectivity index (χ3v) is 5.62. The van der Waals surface area contributed by atoms with E-state index in [-0.39, 0.29) is 11.7 Å². The largest absolute Gasteiger partial charge is 0.326 e. The van der Waals surface area contributed by atoms with Gasteiger partial charge in [-0.05, 0) is 36.8 Å². The lowest BCUT2D eigenvalue weighted by Crippen LogP contribution is -2.42. The Hall–Kier alpha value is -1.53. The Bertz CT molecular complexity index is 740. The molecule has 3 nitrogen and oxygen atoms in total. The predicted octanol–water partition coefficient (Wildman–Crippen LogP) is 5.51. The summed E-state index contributed by atoms with van der Waals surface area (Å²) in [6.07, 6.45) is 0.968. The quantitative estimate of drug-likeness (QED) is 0.727. The zero-order chi connectivity index (χ0) is 16.4. The molecular weight excluding hydrogens is 379 g/mol. The van der Waals surface area contributed by atoms with Crippen molar-refractivity contribution in [3.8, 4) is 0 Å². The molecule has 0 saturated carbocycles. The number of thioether (sulfide) groups is 1. The van der Waals surface area contributed by atoms with E-state index in [1.54, 1.807) is 28.8 Å². The van der Waals surface area contributed by atoms with Crippen LogP contribution in [0.5, 0.6) is 0 Å². The van der Waals surface area contributed by atoms with Gasteiger partial charge in [-0.2, -0.15) is 0 Å². The van der Waals surface area contributed by atoms with Crippen LogP contribution in [0.25, 0.3) is 0 Å². The number of hydrogen-bond acceptors (Lipinski definition) is 2. The minimum Gasteiger partial charge on any atom is -0.305 e. The second-order valence-electron chi connectivity index (χ2n) is 5.28. The topological polar surface area (TPSA) is 32.3 Å². The van der Waals surface area contributed by atoms with E-state index in [0.717, 1.165) is 17.0 Å². The second kappa shape index (κ2) is 6.93. The Balaban J connectivity index is 1.86. The minimum absolute atomic E-state index is 0.182. The van der Waals surface area contributed by atoms with Crippen LogP contribution in [0.2, 0.25) is 0 Å². The molecule has 2 amide bonds. The van der Waals surface area contributed by atoms with Crippen LogP contribution >= 0.6 is 27.7 Å². The Kier molecular flexibility index (Phi) is 4.92. The molecule has 0 fully saturated rings.